The van der Waals surface area contributed by atoms with Gasteiger partial charge in [0, 0.05) is 36.2 Å². The zero-order valence-electron chi connectivity index (χ0n) is 27.6. The number of ether oxygens (including phenoxy) is 1. The standard InChI is InChI=1S/C42H37N3O4/c1-26(2)49-38-18-17-29-15-9-10-16-31(29)34(38)25-37-40(46)43-42(48)45(41(37)47)30-23-35-32(27-11-5-3-6-12-27)19-21-44-22-20-33(36(24-30)39(35)44)28-13-7-4-8-14-28/h3-18,23-26,32-33H,19-22H2,1-2H3,(H,43,46,48)/b37-25+/t32-,33-/m1/s1. The monoisotopic (exact) mass is 647 g/mol. The molecule has 7 nitrogen and oxygen atoms in total. The fourth-order valence-electron chi connectivity index (χ4n) is 7.79. The van der Waals surface area contributed by atoms with Crippen LogP contribution in [0.4, 0.5) is 16.2 Å². The number of carbonyl (C=O) groups excluding carboxylic acids is 3. The van der Waals surface area contributed by atoms with Gasteiger partial charge >= 0.3 is 6.03 Å². The van der Waals surface area contributed by atoms with Crippen LogP contribution in [-0.4, -0.2) is 37.0 Å². The van der Waals surface area contributed by atoms with Crippen molar-refractivity contribution in [3.63, 3.8) is 0 Å². The van der Waals surface area contributed by atoms with E-state index in [1.165, 1.54) is 16.8 Å². The van der Waals surface area contributed by atoms with Crippen LogP contribution in [0.15, 0.2) is 115 Å². The Morgan fingerprint density at radius 3 is 1.96 bits per heavy atom. The molecule has 3 heterocycles. The summed E-state index contributed by atoms with van der Waals surface area (Å²) in [4.78, 5) is 45.2. The summed E-state index contributed by atoms with van der Waals surface area (Å²) in [6.07, 6.45) is 3.27. The van der Waals surface area contributed by atoms with Crippen LogP contribution in [0.3, 0.4) is 0 Å². The summed E-state index contributed by atoms with van der Waals surface area (Å²) in [6.45, 7) is 5.72. The van der Waals surface area contributed by atoms with E-state index in [9.17, 15) is 14.4 Å². The molecule has 5 aromatic carbocycles. The van der Waals surface area contributed by atoms with Crippen molar-refractivity contribution in [2.45, 2.75) is 44.6 Å². The molecule has 1 fully saturated rings. The number of hydrogen-bond donors (Lipinski definition) is 1. The molecule has 0 unspecified atom stereocenters. The van der Waals surface area contributed by atoms with Crippen molar-refractivity contribution in [2.75, 3.05) is 22.9 Å². The van der Waals surface area contributed by atoms with E-state index in [4.69, 9.17) is 4.74 Å². The van der Waals surface area contributed by atoms with Gasteiger partial charge in [-0.1, -0.05) is 91.0 Å². The fourth-order valence-corrected chi connectivity index (χ4v) is 7.79. The minimum absolute atomic E-state index is 0.0895. The molecule has 4 amide bonds. The number of fused-ring (bicyclic) bond motifs is 1. The molecule has 8 rings (SSSR count). The maximum atomic E-state index is 14.5. The molecule has 0 aromatic heterocycles. The molecule has 0 radical (unpaired) electrons. The first-order valence-electron chi connectivity index (χ1n) is 17.0. The molecule has 2 atom stereocenters. The molecule has 3 aliphatic rings. The number of nitrogens with zero attached hydrogens (tertiary/aromatic N) is 2. The van der Waals surface area contributed by atoms with Crippen LogP contribution in [0.25, 0.3) is 16.8 Å². The summed E-state index contributed by atoms with van der Waals surface area (Å²) < 4.78 is 6.14. The summed E-state index contributed by atoms with van der Waals surface area (Å²) >= 11 is 0. The number of barbiturate groups is 1. The topological polar surface area (TPSA) is 79.0 Å². The lowest BCUT2D eigenvalue weighted by atomic mass is 9.76. The number of urea groups is 1. The number of benzene rings is 5. The van der Waals surface area contributed by atoms with Gasteiger partial charge in [-0.3, -0.25) is 14.9 Å². The van der Waals surface area contributed by atoms with Gasteiger partial charge in [0.25, 0.3) is 11.8 Å². The summed E-state index contributed by atoms with van der Waals surface area (Å²) in [5, 5.41) is 4.25. The van der Waals surface area contributed by atoms with Crippen molar-refractivity contribution >= 4 is 46.1 Å². The first-order valence-corrected chi connectivity index (χ1v) is 17.0. The maximum absolute atomic E-state index is 14.5. The molecule has 1 saturated heterocycles. The van der Waals surface area contributed by atoms with Crippen molar-refractivity contribution in [3.05, 3.63) is 143 Å². The molecule has 0 saturated carbocycles. The van der Waals surface area contributed by atoms with Crippen molar-refractivity contribution in [1.29, 1.82) is 0 Å². The number of imide groups is 2. The largest absolute Gasteiger partial charge is 0.490 e. The van der Waals surface area contributed by atoms with Crippen molar-refractivity contribution in [3.8, 4) is 5.75 Å². The Kier molecular flexibility index (Phi) is 7.75. The molecule has 3 aliphatic heterocycles. The summed E-state index contributed by atoms with van der Waals surface area (Å²) in [5.74, 6) is -0.664. The van der Waals surface area contributed by atoms with Gasteiger partial charge < -0.3 is 9.64 Å². The van der Waals surface area contributed by atoms with Gasteiger partial charge in [0.1, 0.15) is 11.3 Å². The lowest BCUT2D eigenvalue weighted by molar-refractivity contribution is -0.122. The highest BCUT2D eigenvalue weighted by Crippen LogP contribution is 2.50. The van der Waals surface area contributed by atoms with Gasteiger partial charge in [-0.25, -0.2) is 9.69 Å². The van der Waals surface area contributed by atoms with Crippen LogP contribution >= 0.6 is 0 Å². The number of rotatable bonds is 6. The quantitative estimate of drug-likeness (QED) is 0.149. The van der Waals surface area contributed by atoms with Gasteiger partial charge in [-0.05, 0) is 84.0 Å². The third kappa shape index (κ3) is 5.45. The van der Waals surface area contributed by atoms with E-state index in [1.54, 1.807) is 6.08 Å². The molecule has 49 heavy (non-hydrogen) atoms. The number of amides is 4. The van der Waals surface area contributed by atoms with E-state index in [1.807, 2.05) is 74.5 Å². The average Bonchev–Trinajstić information content (AvgIpc) is 3.11. The second-order valence-corrected chi connectivity index (χ2v) is 13.3. The normalized spacial score (nSPS) is 19.7. The molecule has 0 bridgehead atoms. The number of hydrogen-bond acceptors (Lipinski definition) is 5. The highest BCUT2D eigenvalue weighted by molar-refractivity contribution is 6.39. The third-order valence-electron chi connectivity index (χ3n) is 9.94. The smallest absolute Gasteiger partial charge is 0.335 e. The van der Waals surface area contributed by atoms with E-state index in [0.717, 1.165) is 52.7 Å². The first-order chi connectivity index (χ1) is 23.9. The molecular weight excluding hydrogens is 610 g/mol. The SMILES string of the molecule is CC(C)Oc1ccc2ccccc2c1/C=C1\C(=O)NC(=O)N(c2cc3c4c(c2)[C@@H](c2ccccc2)CCN4CC[C@@H]3c2ccccc2)C1=O. The predicted octanol–water partition coefficient (Wildman–Crippen LogP) is 8.17. The van der Waals surface area contributed by atoms with Crippen LogP contribution in [0, 0.1) is 0 Å². The molecule has 1 N–H and O–H groups in total. The van der Waals surface area contributed by atoms with Gasteiger partial charge in [-0.15, -0.1) is 0 Å². The van der Waals surface area contributed by atoms with E-state index in [2.05, 4.69) is 58.7 Å². The van der Waals surface area contributed by atoms with Gasteiger partial charge in [-0.2, -0.15) is 0 Å². The first kappa shape index (κ1) is 30.6. The molecule has 0 spiro atoms. The highest BCUT2D eigenvalue weighted by atomic mass is 16.5. The van der Waals surface area contributed by atoms with Crippen molar-refractivity contribution < 1.29 is 19.1 Å². The molecule has 244 valence electrons. The van der Waals surface area contributed by atoms with Crippen LogP contribution < -0.4 is 19.9 Å². The molecular formula is C42H37N3O4. The minimum Gasteiger partial charge on any atom is -0.490 e. The Labute approximate surface area is 285 Å². The zero-order valence-corrected chi connectivity index (χ0v) is 27.6. The minimum atomic E-state index is -0.758. The van der Waals surface area contributed by atoms with Crippen LogP contribution in [-0.2, 0) is 9.59 Å². The van der Waals surface area contributed by atoms with Gasteiger partial charge in [0.15, 0.2) is 0 Å². The fraction of sp³-hybridized carbons (Fsp3) is 0.214. The van der Waals surface area contributed by atoms with Crippen LogP contribution in [0.5, 0.6) is 5.75 Å². The second-order valence-electron chi connectivity index (χ2n) is 13.3. The summed E-state index contributed by atoms with van der Waals surface area (Å²) in [6, 6.07) is 35.7. The third-order valence-corrected chi connectivity index (χ3v) is 9.94. The van der Waals surface area contributed by atoms with Crippen molar-refractivity contribution in [2.24, 2.45) is 0 Å². The van der Waals surface area contributed by atoms with E-state index >= 15 is 0 Å². The Morgan fingerprint density at radius 1 is 0.755 bits per heavy atom. The average molecular weight is 648 g/mol. The number of anilines is 2. The Balaban J connectivity index is 1.30. The lowest BCUT2D eigenvalue weighted by Gasteiger charge is -2.44. The van der Waals surface area contributed by atoms with Crippen molar-refractivity contribution in [1.82, 2.24) is 5.32 Å². The molecule has 0 aliphatic carbocycles. The highest BCUT2D eigenvalue weighted by Gasteiger charge is 2.41. The van der Waals surface area contributed by atoms with Gasteiger partial charge in [0.05, 0.1) is 11.8 Å². The number of carbonyl (C=O) groups is 3. The van der Waals surface area contributed by atoms with E-state index < -0.39 is 17.8 Å². The Hall–Kier alpha value is -5.69. The van der Waals surface area contributed by atoms with E-state index in [0.29, 0.717) is 17.0 Å². The zero-order chi connectivity index (χ0) is 33.6. The molecule has 5 aromatic rings. The second kappa shape index (κ2) is 12.4. The Morgan fingerprint density at radius 2 is 1.35 bits per heavy atom. The maximum Gasteiger partial charge on any atom is 0.335 e. The predicted molar refractivity (Wildman–Crippen MR) is 193 cm³/mol. The van der Waals surface area contributed by atoms with Crippen LogP contribution in [0.2, 0.25) is 0 Å². The molecule has 7 heteroatoms. The Bertz CT molecular complexity index is 2070. The van der Waals surface area contributed by atoms with E-state index in [-0.39, 0.29) is 23.5 Å². The number of nitrogens with one attached hydrogen (secondary N) is 1. The van der Waals surface area contributed by atoms with Crippen LogP contribution in [0.1, 0.15) is 66.3 Å². The van der Waals surface area contributed by atoms with Gasteiger partial charge in [0.2, 0.25) is 0 Å². The summed E-state index contributed by atoms with van der Waals surface area (Å²) in [5.41, 5.74) is 6.71. The summed E-state index contributed by atoms with van der Waals surface area (Å²) in [7, 11) is 0. The lowest BCUT2D eigenvalue weighted by Crippen LogP contribution is -2.54.